The predicted molar refractivity (Wildman–Crippen MR) is 73.1 cm³/mol. The van der Waals surface area contributed by atoms with Crippen LogP contribution in [0.15, 0.2) is 6.20 Å². The molecule has 0 unspecified atom stereocenters. The van der Waals surface area contributed by atoms with Crippen LogP contribution in [0.25, 0.3) is 0 Å². The molecule has 1 aromatic heterocycles. The molecule has 5 nitrogen and oxygen atoms in total. The average Bonchev–Trinajstić information content (AvgIpc) is 3.08. The largest absolute Gasteiger partial charge is 0.396 e. The van der Waals surface area contributed by atoms with Gasteiger partial charge in [-0.05, 0) is 18.8 Å². The standard InChI is InChI=1S/C14H21F2N3O2/c1-9(2)5-19-6-10(12(15)16)11(18-19)13(21)17-7-14(8-20)3-4-14/h6,9,12,20H,3-5,7-8H2,1-2H3,(H,17,21). The smallest absolute Gasteiger partial charge is 0.272 e. The molecule has 2 N–H and O–H groups in total. The van der Waals surface area contributed by atoms with E-state index in [9.17, 15) is 18.7 Å². The molecule has 1 aliphatic rings. The van der Waals surface area contributed by atoms with Gasteiger partial charge < -0.3 is 10.4 Å². The summed E-state index contributed by atoms with van der Waals surface area (Å²) in [7, 11) is 0. The van der Waals surface area contributed by atoms with E-state index >= 15 is 0 Å². The summed E-state index contributed by atoms with van der Waals surface area (Å²) in [5, 5.41) is 15.8. The molecule has 1 amide bonds. The van der Waals surface area contributed by atoms with Crippen molar-refractivity contribution in [1.82, 2.24) is 15.1 Å². The number of carbonyl (C=O) groups is 1. The molecule has 0 bridgehead atoms. The van der Waals surface area contributed by atoms with E-state index in [4.69, 9.17) is 0 Å². The van der Waals surface area contributed by atoms with Crippen molar-refractivity contribution in [2.24, 2.45) is 11.3 Å². The van der Waals surface area contributed by atoms with Crippen molar-refractivity contribution in [2.45, 2.75) is 39.7 Å². The zero-order chi connectivity index (χ0) is 15.6. The van der Waals surface area contributed by atoms with Gasteiger partial charge >= 0.3 is 0 Å². The van der Waals surface area contributed by atoms with E-state index in [1.165, 1.54) is 10.9 Å². The first-order valence-electron chi connectivity index (χ1n) is 7.11. The summed E-state index contributed by atoms with van der Waals surface area (Å²) in [4.78, 5) is 12.1. The van der Waals surface area contributed by atoms with E-state index in [-0.39, 0.29) is 29.2 Å². The molecule has 7 heteroatoms. The zero-order valence-electron chi connectivity index (χ0n) is 12.3. The van der Waals surface area contributed by atoms with Gasteiger partial charge in [0.2, 0.25) is 0 Å². The molecule has 0 atom stereocenters. The maximum atomic E-state index is 13.0. The van der Waals surface area contributed by atoms with Crippen LogP contribution in [0.3, 0.4) is 0 Å². The fourth-order valence-electron chi connectivity index (χ4n) is 2.16. The second-order valence-electron chi connectivity index (χ2n) is 6.19. The number of hydrogen-bond acceptors (Lipinski definition) is 3. The number of alkyl halides is 2. The van der Waals surface area contributed by atoms with Crippen molar-refractivity contribution in [3.63, 3.8) is 0 Å². The van der Waals surface area contributed by atoms with Gasteiger partial charge in [-0.25, -0.2) is 8.78 Å². The number of nitrogens with zero attached hydrogens (tertiary/aromatic N) is 2. The molecule has 1 aliphatic carbocycles. The highest BCUT2D eigenvalue weighted by atomic mass is 19.3. The lowest BCUT2D eigenvalue weighted by Gasteiger charge is -2.12. The first kappa shape index (κ1) is 15.9. The van der Waals surface area contributed by atoms with Crippen LogP contribution < -0.4 is 5.32 Å². The Bertz CT molecular complexity index is 510. The van der Waals surface area contributed by atoms with Crippen LogP contribution in [-0.2, 0) is 6.54 Å². The predicted octanol–water partition coefficient (Wildman–Crippen LogP) is 1.98. The van der Waals surface area contributed by atoms with Crippen LogP contribution in [0.5, 0.6) is 0 Å². The van der Waals surface area contributed by atoms with Gasteiger partial charge in [-0.1, -0.05) is 13.8 Å². The van der Waals surface area contributed by atoms with E-state index in [2.05, 4.69) is 10.4 Å². The molecule has 0 saturated heterocycles. The minimum Gasteiger partial charge on any atom is -0.396 e. The maximum absolute atomic E-state index is 13.0. The zero-order valence-corrected chi connectivity index (χ0v) is 12.3. The number of aliphatic hydroxyl groups is 1. The van der Waals surface area contributed by atoms with Crippen LogP contribution in [0.2, 0.25) is 0 Å². The lowest BCUT2D eigenvalue weighted by molar-refractivity contribution is 0.0916. The first-order chi connectivity index (χ1) is 9.87. The van der Waals surface area contributed by atoms with Gasteiger partial charge in [-0.3, -0.25) is 9.48 Å². The Labute approximate surface area is 122 Å². The van der Waals surface area contributed by atoms with E-state index in [1.807, 2.05) is 13.8 Å². The molecule has 118 valence electrons. The quantitative estimate of drug-likeness (QED) is 0.809. The molecule has 0 spiro atoms. The molecule has 1 saturated carbocycles. The van der Waals surface area contributed by atoms with Gasteiger partial charge in [0.25, 0.3) is 12.3 Å². The van der Waals surface area contributed by atoms with Gasteiger partial charge in [0, 0.05) is 24.7 Å². The number of halogens is 2. The van der Waals surface area contributed by atoms with Crippen LogP contribution in [0.1, 0.15) is 49.2 Å². The van der Waals surface area contributed by atoms with Crippen LogP contribution in [-0.4, -0.2) is 33.9 Å². The van der Waals surface area contributed by atoms with Gasteiger partial charge in [0.15, 0.2) is 5.69 Å². The molecule has 0 aromatic carbocycles. The first-order valence-corrected chi connectivity index (χ1v) is 7.11. The highest BCUT2D eigenvalue weighted by Gasteiger charge is 2.42. The summed E-state index contributed by atoms with van der Waals surface area (Å²) in [6, 6.07) is 0. The maximum Gasteiger partial charge on any atom is 0.272 e. The SMILES string of the molecule is CC(C)Cn1cc(C(F)F)c(C(=O)NCC2(CO)CC2)n1. The lowest BCUT2D eigenvalue weighted by Crippen LogP contribution is -2.32. The van der Waals surface area contributed by atoms with Crippen molar-refractivity contribution in [2.75, 3.05) is 13.2 Å². The summed E-state index contributed by atoms with van der Waals surface area (Å²) >= 11 is 0. The van der Waals surface area contributed by atoms with Crippen molar-refractivity contribution in [3.8, 4) is 0 Å². The van der Waals surface area contributed by atoms with Gasteiger partial charge in [0.1, 0.15) is 0 Å². The second kappa shape index (κ2) is 6.09. The van der Waals surface area contributed by atoms with Crippen molar-refractivity contribution >= 4 is 5.91 Å². The monoisotopic (exact) mass is 301 g/mol. The Morgan fingerprint density at radius 1 is 1.52 bits per heavy atom. The number of amides is 1. The molecule has 2 rings (SSSR count). The highest BCUT2D eigenvalue weighted by molar-refractivity contribution is 5.93. The molecular formula is C14H21F2N3O2. The van der Waals surface area contributed by atoms with E-state index < -0.39 is 12.3 Å². The number of aromatic nitrogens is 2. The van der Waals surface area contributed by atoms with E-state index in [1.54, 1.807) is 0 Å². The minimum absolute atomic E-state index is 0.00320. The molecule has 1 aromatic rings. The average molecular weight is 301 g/mol. The second-order valence-corrected chi connectivity index (χ2v) is 6.19. The number of nitrogens with one attached hydrogen (secondary N) is 1. The molecular weight excluding hydrogens is 280 g/mol. The van der Waals surface area contributed by atoms with E-state index in [0.717, 1.165) is 12.8 Å². The Hall–Kier alpha value is -1.50. The topological polar surface area (TPSA) is 67.2 Å². The highest BCUT2D eigenvalue weighted by Crippen LogP contribution is 2.44. The molecule has 0 radical (unpaired) electrons. The van der Waals surface area contributed by atoms with Crippen LogP contribution >= 0.6 is 0 Å². The third-order valence-corrected chi connectivity index (χ3v) is 3.71. The number of carbonyl (C=O) groups excluding carboxylic acids is 1. The molecule has 21 heavy (non-hydrogen) atoms. The fourth-order valence-corrected chi connectivity index (χ4v) is 2.16. The summed E-state index contributed by atoms with van der Waals surface area (Å²) in [6.45, 7) is 4.66. The van der Waals surface area contributed by atoms with Gasteiger partial charge in [-0.15, -0.1) is 0 Å². The number of hydrogen-bond donors (Lipinski definition) is 2. The fraction of sp³-hybridized carbons (Fsp3) is 0.714. The summed E-state index contributed by atoms with van der Waals surface area (Å²) in [6.07, 6.45) is 0.179. The molecule has 1 heterocycles. The lowest BCUT2D eigenvalue weighted by atomic mass is 10.1. The van der Waals surface area contributed by atoms with Crippen LogP contribution in [0, 0.1) is 11.3 Å². The molecule has 0 aliphatic heterocycles. The number of aliphatic hydroxyl groups excluding tert-OH is 1. The number of rotatable bonds is 7. The normalized spacial score (nSPS) is 16.5. The summed E-state index contributed by atoms with van der Waals surface area (Å²) in [5.74, 6) is -0.358. The Kier molecular flexibility index (Phi) is 4.61. The van der Waals surface area contributed by atoms with Crippen molar-refractivity contribution < 1.29 is 18.7 Å². The van der Waals surface area contributed by atoms with Crippen LogP contribution in [0.4, 0.5) is 8.78 Å². The Balaban J connectivity index is 2.09. The van der Waals surface area contributed by atoms with Gasteiger partial charge in [0.05, 0.1) is 12.2 Å². The Morgan fingerprint density at radius 2 is 2.19 bits per heavy atom. The van der Waals surface area contributed by atoms with E-state index in [0.29, 0.717) is 13.1 Å². The van der Waals surface area contributed by atoms with Crippen molar-refractivity contribution in [3.05, 3.63) is 17.5 Å². The third kappa shape index (κ3) is 3.78. The van der Waals surface area contributed by atoms with Gasteiger partial charge in [-0.2, -0.15) is 5.10 Å². The summed E-state index contributed by atoms with van der Waals surface area (Å²) in [5.41, 5.74) is -0.831. The Morgan fingerprint density at radius 3 is 2.67 bits per heavy atom. The third-order valence-electron chi connectivity index (χ3n) is 3.71. The van der Waals surface area contributed by atoms with Crippen molar-refractivity contribution in [1.29, 1.82) is 0 Å². The minimum atomic E-state index is -2.74. The summed E-state index contributed by atoms with van der Waals surface area (Å²) < 4.78 is 27.4. The molecule has 1 fully saturated rings.